The van der Waals surface area contributed by atoms with Crippen molar-refractivity contribution in [1.82, 2.24) is 0 Å². The summed E-state index contributed by atoms with van der Waals surface area (Å²) in [4.78, 5) is 15.2. The normalized spacial score (nSPS) is 15.3. The Bertz CT molecular complexity index is 1300. The molecular formula is C33H39NO4. The fourth-order valence-corrected chi connectivity index (χ4v) is 4.91. The minimum absolute atomic E-state index is 0.176. The number of carbonyl (C=O) groups excluding carboxylic acids is 1. The Morgan fingerprint density at radius 3 is 2.32 bits per heavy atom. The zero-order valence-electron chi connectivity index (χ0n) is 23.6. The molecule has 0 aromatic heterocycles. The molecule has 0 spiro atoms. The first-order valence-electron chi connectivity index (χ1n) is 13.2. The number of para-hydroxylation sites is 1. The van der Waals surface area contributed by atoms with Gasteiger partial charge in [0.15, 0.2) is 0 Å². The maximum Gasteiger partial charge on any atom is 0.415 e. The van der Waals surface area contributed by atoms with Crippen LogP contribution in [-0.2, 0) is 15.9 Å². The molecule has 200 valence electrons. The van der Waals surface area contributed by atoms with Gasteiger partial charge < -0.3 is 14.2 Å². The molecule has 1 aliphatic rings. The smallest absolute Gasteiger partial charge is 0.415 e. The van der Waals surface area contributed by atoms with Crippen LogP contribution in [0.1, 0.15) is 52.7 Å². The van der Waals surface area contributed by atoms with E-state index >= 15 is 0 Å². The van der Waals surface area contributed by atoms with Gasteiger partial charge in [-0.15, -0.1) is 0 Å². The summed E-state index contributed by atoms with van der Waals surface area (Å²) in [5, 5.41) is 0. The van der Waals surface area contributed by atoms with Crippen LogP contribution < -0.4 is 9.64 Å². The van der Waals surface area contributed by atoms with Gasteiger partial charge in [-0.3, -0.25) is 4.90 Å². The van der Waals surface area contributed by atoms with Crippen molar-refractivity contribution in [3.63, 3.8) is 0 Å². The highest BCUT2D eigenvalue weighted by atomic mass is 16.6. The van der Waals surface area contributed by atoms with Crippen LogP contribution in [0.4, 0.5) is 10.5 Å². The number of carbonyl (C=O) groups is 1. The lowest BCUT2D eigenvalue weighted by molar-refractivity contribution is 0.0554. The summed E-state index contributed by atoms with van der Waals surface area (Å²) in [5.74, 6) is 0.797. The van der Waals surface area contributed by atoms with E-state index in [2.05, 4.69) is 31.2 Å². The molecule has 0 saturated carbocycles. The maximum absolute atomic E-state index is 13.5. The molecular weight excluding hydrogens is 474 g/mol. The number of hydrogen-bond acceptors (Lipinski definition) is 4. The van der Waals surface area contributed by atoms with Gasteiger partial charge in [-0.1, -0.05) is 60.7 Å². The molecule has 0 N–H and O–H groups in total. The number of methoxy groups -OCH3 is 1. The van der Waals surface area contributed by atoms with Gasteiger partial charge in [-0.2, -0.15) is 0 Å². The Labute approximate surface area is 227 Å². The molecule has 0 saturated heterocycles. The van der Waals surface area contributed by atoms with E-state index in [9.17, 15) is 4.79 Å². The number of fused-ring (bicyclic) bond motifs is 1. The Morgan fingerprint density at radius 1 is 0.947 bits per heavy atom. The Morgan fingerprint density at radius 2 is 1.63 bits per heavy atom. The number of benzene rings is 3. The van der Waals surface area contributed by atoms with E-state index in [0.717, 1.165) is 40.1 Å². The first-order valence-corrected chi connectivity index (χ1v) is 13.2. The molecule has 38 heavy (non-hydrogen) atoms. The zero-order chi connectivity index (χ0) is 27.5. The summed E-state index contributed by atoms with van der Waals surface area (Å²) < 4.78 is 17.8. The third kappa shape index (κ3) is 6.11. The zero-order valence-corrected chi connectivity index (χ0v) is 23.6. The molecule has 1 unspecified atom stereocenters. The lowest BCUT2D eigenvalue weighted by Crippen LogP contribution is -2.51. The van der Waals surface area contributed by atoms with Crippen LogP contribution in [-0.4, -0.2) is 37.1 Å². The molecule has 1 heterocycles. The third-order valence-electron chi connectivity index (χ3n) is 6.67. The SMILES string of the molecule is COc1ccccc1-c1ccc2c(c1)C(C(C)OCCc1ccccc1)=CC(C)(C)N2C(=O)OC(C)(C)C. The first-order chi connectivity index (χ1) is 18.0. The van der Waals surface area contributed by atoms with Gasteiger partial charge in [-0.25, -0.2) is 4.79 Å². The molecule has 1 amide bonds. The van der Waals surface area contributed by atoms with Crippen LogP contribution >= 0.6 is 0 Å². The summed E-state index contributed by atoms with van der Waals surface area (Å²) in [6, 6.07) is 24.5. The molecule has 4 rings (SSSR count). The number of amides is 1. The number of hydrogen-bond donors (Lipinski definition) is 0. The quantitative estimate of drug-likeness (QED) is 0.322. The van der Waals surface area contributed by atoms with Gasteiger partial charge in [0, 0.05) is 11.1 Å². The standard InChI is InChI=1S/C33H39NO4/c1-23(37-20-19-24-13-9-8-10-14-24)28-22-33(5,6)34(31(35)38-32(2,3)4)29-18-17-25(21-27(28)29)26-15-11-12-16-30(26)36-7/h8-18,21-23H,19-20H2,1-7H3. The summed E-state index contributed by atoms with van der Waals surface area (Å²) >= 11 is 0. The average molecular weight is 514 g/mol. The molecule has 5 heteroatoms. The molecule has 0 fully saturated rings. The van der Waals surface area contributed by atoms with Crippen LogP contribution in [0, 0.1) is 0 Å². The van der Waals surface area contributed by atoms with Crippen molar-refractivity contribution in [1.29, 1.82) is 0 Å². The molecule has 3 aromatic rings. The number of anilines is 1. The summed E-state index contributed by atoms with van der Waals surface area (Å²) in [5.41, 5.74) is 4.82. The number of rotatable bonds is 7. The Hall–Kier alpha value is -3.57. The summed E-state index contributed by atoms with van der Waals surface area (Å²) in [7, 11) is 1.68. The molecule has 1 atom stereocenters. The molecule has 5 nitrogen and oxygen atoms in total. The number of nitrogens with zero attached hydrogens (tertiary/aromatic N) is 1. The second-order valence-electron chi connectivity index (χ2n) is 11.2. The third-order valence-corrected chi connectivity index (χ3v) is 6.67. The summed E-state index contributed by atoms with van der Waals surface area (Å²) in [6.45, 7) is 12.4. The fourth-order valence-electron chi connectivity index (χ4n) is 4.91. The largest absolute Gasteiger partial charge is 0.496 e. The minimum atomic E-state index is -0.617. The average Bonchev–Trinajstić information content (AvgIpc) is 2.87. The molecule has 3 aromatic carbocycles. The van der Waals surface area contributed by atoms with Crippen molar-refractivity contribution < 1.29 is 19.0 Å². The highest BCUT2D eigenvalue weighted by Gasteiger charge is 2.40. The Kier molecular flexibility index (Phi) is 7.98. The minimum Gasteiger partial charge on any atom is -0.496 e. The highest BCUT2D eigenvalue weighted by molar-refractivity contribution is 5.99. The monoisotopic (exact) mass is 513 g/mol. The van der Waals surface area contributed by atoms with Gasteiger partial charge in [0.1, 0.15) is 11.4 Å². The van der Waals surface area contributed by atoms with Crippen molar-refractivity contribution in [2.75, 3.05) is 18.6 Å². The van der Waals surface area contributed by atoms with E-state index in [-0.39, 0.29) is 12.2 Å². The van der Waals surface area contributed by atoms with Crippen molar-refractivity contribution in [2.24, 2.45) is 0 Å². The van der Waals surface area contributed by atoms with E-state index in [0.29, 0.717) is 6.61 Å². The van der Waals surface area contributed by atoms with Crippen molar-refractivity contribution >= 4 is 17.4 Å². The van der Waals surface area contributed by atoms with Gasteiger partial charge in [-0.05, 0) is 82.9 Å². The lowest BCUT2D eigenvalue weighted by Gasteiger charge is -2.43. The summed E-state index contributed by atoms with van der Waals surface area (Å²) in [6.07, 6.45) is 2.42. The lowest BCUT2D eigenvalue weighted by atomic mass is 9.84. The van der Waals surface area contributed by atoms with E-state index in [1.807, 2.05) is 89.2 Å². The van der Waals surface area contributed by atoms with Crippen molar-refractivity contribution in [2.45, 2.75) is 65.2 Å². The van der Waals surface area contributed by atoms with Gasteiger partial charge >= 0.3 is 6.09 Å². The van der Waals surface area contributed by atoms with E-state index in [1.54, 1.807) is 12.0 Å². The van der Waals surface area contributed by atoms with Crippen LogP contribution in [0.15, 0.2) is 78.9 Å². The van der Waals surface area contributed by atoms with Crippen LogP contribution in [0.5, 0.6) is 5.75 Å². The fraction of sp³-hybridized carbons (Fsp3) is 0.364. The van der Waals surface area contributed by atoms with E-state index < -0.39 is 11.1 Å². The molecule has 1 aliphatic heterocycles. The van der Waals surface area contributed by atoms with Gasteiger partial charge in [0.25, 0.3) is 0 Å². The molecule has 0 bridgehead atoms. The second-order valence-corrected chi connectivity index (χ2v) is 11.2. The predicted octanol–water partition coefficient (Wildman–Crippen LogP) is 7.93. The molecule has 0 radical (unpaired) electrons. The van der Waals surface area contributed by atoms with Crippen LogP contribution in [0.3, 0.4) is 0 Å². The first kappa shape index (κ1) is 27.5. The van der Waals surface area contributed by atoms with Gasteiger partial charge in [0.05, 0.1) is 31.0 Å². The van der Waals surface area contributed by atoms with Crippen LogP contribution in [0.2, 0.25) is 0 Å². The second kappa shape index (κ2) is 11.0. The molecule has 0 aliphatic carbocycles. The topological polar surface area (TPSA) is 48.0 Å². The Balaban J connectivity index is 1.74. The number of ether oxygens (including phenoxy) is 3. The van der Waals surface area contributed by atoms with Crippen molar-refractivity contribution in [3.05, 3.63) is 90.0 Å². The predicted molar refractivity (Wildman–Crippen MR) is 155 cm³/mol. The van der Waals surface area contributed by atoms with Crippen molar-refractivity contribution in [3.8, 4) is 16.9 Å². The van der Waals surface area contributed by atoms with Gasteiger partial charge in [0.2, 0.25) is 0 Å². The van der Waals surface area contributed by atoms with E-state index in [1.165, 1.54) is 5.56 Å². The highest BCUT2D eigenvalue weighted by Crippen LogP contribution is 2.44. The van der Waals surface area contributed by atoms with E-state index in [4.69, 9.17) is 14.2 Å². The van der Waals surface area contributed by atoms with Crippen LogP contribution in [0.25, 0.3) is 16.7 Å². The maximum atomic E-state index is 13.5.